The molecule has 0 aliphatic carbocycles. The summed E-state index contributed by atoms with van der Waals surface area (Å²) in [5.74, 6) is 0.725. The number of fused-ring (bicyclic) bond motifs is 1. The van der Waals surface area contributed by atoms with Crippen LogP contribution in [-0.4, -0.2) is 26.1 Å². The van der Waals surface area contributed by atoms with E-state index in [9.17, 15) is 4.79 Å². The van der Waals surface area contributed by atoms with Crippen LogP contribution < -0.4 is 15.0 Å². The molecule has 0 fully saturated rings. The van der Waals surface area contributed by atoms with Crippen molar-refractivity contribution in [2.75, 3.05) is 25.5 Å². The number of hydrogen-bond donors (Lipinski definition) is 2. The summed E-state index contributed by atoms with van der Waals surface area (Å²) in [6.45, 7) is 3.69. The molecule has 2 atom stereocenters. The molecular weight excluding hydrogens is 296 g/mol. The number of para-hydroxylation sites is 2. The molecule has 22 heavy (non-hydrogen) atoms. The van der Waals surface area contributed by atoms with Gasteiger partial charge in [0, 0.05) is 16.9 Å². The Hall–Kier alpha value is -1.85. The third kappa shape index (κ3) is 3.00. The summed E-state index contributed by atoms with van der Waals surface area (Å²) in [5, 5.41) is 5.12. The van der Waals surface area contributed by atoms with Crippen molar-refractivity contribution in [2.45, 2.75) is 19.4 Å². The van der Waals surface area contributed by atoms with Crippen LogP contribution in [0.25, 0.3) is 0 Å². The molecule has 2 N–H and O–H groups in total. The first-order valence-electron chi connectivity index (χ1n) is 7.52. The van der Waals surface area contributed by atoms with Crippen molar-refractivity contribution in [2.24, 2.45) is 0 Å². The number of hydrogen-bond acceptors (Lipinski definition) is 3. The van der Waals surface area contributed by atoms with Crippen molar-refractivity contribution in [3.8, 4) is 5.75 Å². The maximum Gasteiger partial charge on any atom is 0.279 e. The van der Waals surface area contributed by atoms with Crippen molar-refractivity contribution in [1.82, 2.24) is 0 Å². The van der Waals surface area contributed by atoms with Gasteiger partial charge in [0.25, 0.3) is 5.91 Å². The third-order valence-electron chi connectivity index (χ3n) is 4.30. The maximum absolute atomic E-state index is 12.4. The van der Waals surface area contributed by atoms with Gasteiger partial charge in [0.1, 0.15) is 11.8 Å². The average molecular weight is 317 g/mol. The minimum absolute atomic E-state index is 0.0324. The number of carbonyl (C=O) groups excluding carboxylic acids is 1. The highest BCUT2D eigenvalue weighted by Gasteiger charge is 2.29. The van der Waals surface area contributed by atoms with Crippen molar-refractivity contribution >= 4 is 22.9 Å². The summed E-state index contributed by atoms with van der Waals surface area (Å²) < 4.78 is 5.27. The molecule has 3 rings (SSSR count). The lowest BCUT2D eigenvalue weighted by molar-refractivity contribution is -0.923. The third-order valence-corrected chi connectivity index (χ3v) is 5.30. The van der Waals surface area contributed by atoms with E-state index in [2.05, 4.69) is 23.7 Å². The number of carbonyl (C=O) groups is 1. The van der Waals surface area contributed by atoms with Crippen LogP contribution in [0.4, 0.5) is 5.69 Å². The summed E-state index contributed by atoms with van der Waals surface area (Å²) in [7, 11) is 1.61. The number of anilines is 1. The zero-order valence-corrected chi connectivity index (χ0v) is 13.7. The number of methoxy groups -OCH3 is 1. The van der Waals surface area contributed by atoms with Gasteiger partial charge in [0.15, 0.2) is 6.54 Å². The zero-order valence-electron chi connectivity index (χ0n) is 12.9. The highest BCUT2D eigenvalue weighted by atomic mass is 32.1. The van der Waals surface area contributed by atoms with Crippen LogP contribution >= 0.6 is 11.3 Å². The molecule has 1 unspecified atom stereocenters. The first-order valence-corrected chi connectivity index (χ1v) is 8.40. The monoisotopic (exact) mass is 317 g/mol. The lowest BCUT2D eigenvalue weighted by Crippen LogP contribution is -3.14. The van der Waals surface area contributed by atoms with Gasteiger partial charge in [-0.05, 0) is 30.5 Å². The quantitative estimate of drug-likeness (QED) is 0.904. The lowest BCUT2D eigenvalue weighted by Gasteiger charge is -2.29. The Morgan fingerprint density at radius 1 is 1.41 bits per heavy atom. The second kappa shape index (κ2) is 6.50. The summed E-state index contributed by atoms with van der Waals surface area (Å²) in [5.41, 5.74) is 2.13. The molecule has 0 saturated heterocycles. The second-order valence-corrected chi connectivity index (χ2v) is 6.60. The number of quaternary nitrogens is 1. The topological polar surface area (TPSA) is 42.8 Å². The molecule has 0 saturated carbocycles. The fourth-order valence-electron chi connectivity index (χ4n) is 3.04. The largest absolute Gasteiger partial charge is 0.495 e. The van der Waals surface area contributed by atoms with E-state index in [0.717, 1.165) is 18.7 Å². The fourth-order valence-corrected chi connectivity index (χ4v) is 4.02. The van der Waals surface area contributed by atoms with Gasteiger partial charge in [-0.25, -0.2) is 0 Å². The van der Waals surface area contributed by atoms with Crippen molar-refractivity contribution < 1.29 is 14.4 Å². The van der Waals surface area contributed by atoms with Gasteiger partial charge in [-0.1, -0.05) is 12.1 Å². The van der Waals surface area contributed by atoms with Gasteiger partial charge in [-0.2, -0.15) is 0 Å². The van der Waals surface area contributed by atoms with Gasteiger partial charge in [0.2, 0.25) is 0 Å². The van der Waals surface area contributed by atoms with Gasteiger partial charge >= 0.3 is 0 Å². The number of thiophene rings is 1. The predicted octanol–water partition coefficient (Wildman–Crippen LogP) is 1.90. The van der Waals surface area contributed by atoms with E-state index in [0.29, 0.717) is 18.3 Å². The minimum Gasteiger partial charge on any atom is -0.495 e. The predicted molar refractivity (Wildman–Crippen MR) is 88.8 cm³/mol. The molecule has 2 heterocycles. The van der Waals surface area contributed by atoms with Crippen LogP contribution in [0.5, 0.6) is 5.75 Å². The number of rotatable bonds is 4. The molecule has 1 amide bonds. The highest BCUT2D eigenvalue weighted by Crippen LogP contribution is 2.25. The highest BCUT2D eigenvalue weighted by molar-refractivity contribution is 7.10. The van der Waals surface area contributed by atoms with E-state index in [1.165, 1.54) is 15.3 Å². The van der Waals surface area contributed by atoms with E-state index in [1.54, 1.807) is 7.11 Å². The van der Waals surface area contributed by atoms with Crippen LogP contribution in [0.2, 0.25) is 0 Å². The molecule has 1 aliphatic rings. The Balaban J connectivity index is 1.65. The second-order valence-electron chi connectivity index (χ2n) is 5.60. The molecule has 0 spiro atoms. The van der Waals surface area contributed by atoms with E-state index in [1.807, 2.05) is 35.6 Å². The normalized spacial score (nSPS) is 20.3. The van der Waals surface area contributed by atoms with Crippen LogP contribution in [0, 0.1) is 0 Å². The van der Waals surface area contributed by atoms with Gasteiger partial charge in [-0.3, -0.25) is 4.79 Å². The van der Waals surface area contributed by atoms with Crippen LogP contribution in [0.15, 0.2) is 35.7 Å². The van der Waals surface area contributed by atoms with E-state index < -0.39 is 0 Å². The molecule has 4 nitrogen and oxygen atoms in total. The first kappa shape index (κ1) is 15.1. The number of nitrogens with one attached hydrogen (secondary N) is 2. The van der Waals surface area contributed by atoms with Crippen LogP contribution in [0.1, 0.15) is 23.4 Å². The van der Waals surface area contributed by atoms with Crippen molar-refractivity contribution in [3.63, 3.8) is 0 Å². The van der Waals surface area contributed by atoms with Crippen molar-refractivity contribution in [3.05, 3.63) is 46.2 Å². The number of ether oxygens (including phenoxy) is 1. The van der Waals surface area contributed by atoms with E-state index >= 15 is 0 Å². The molecule has 0 radical (unpaired) electrons. The molecule has 0 bridgehead atoms. The molecule has 1 aromatic heterocycles. The number of benzene rings is 1. The van der Waals surface area contributed by atoms with Gasteiger partial charge in [-0.15, -0.1) is 11.3 Å². The minimum atomic E-state index is 0.0324. The fraction of sp³-hybridized carbons (Fsp3) is 0.353. The van der Waals surface area contributed by atoms with Crippen molar-refractivity contribution in [1.29, 1.82) is 0 Å². The summed E-state index contributed by atoms with van der Waals surface area (Å²) in [6.07, 6.45) is 1.06. The Labute approximate surface area is 134 Å². The lowest BCUT2D eigenvalue weighted by atomic mass is 10.0. The molecule has 1 aliphatic heterocycles. The standard InChI is InChI=1S/C17H20N2O2S/c1-12-13-8-10-22-16(13)7-9-19(12)11-17(20)18-14-5-3-4-6-15(14)21-2/h3-6,8,10,12H,7,9,11H2,1-2H3,(H,18,20)/p+1/t12-/m1/s1. The molecule has 5 heteroatoms. The zero-order chi connectivity index (χ0) is 15.5. The summed E-state index contributed by atoms with van der Waals surface area (Å²) in [6, 6.07) is 10.1. The van der Waals surface area contributed by atoms with Crippen LogP contribution in [0.3, 0.4) is 0 Å². The summed E-state index contributed by atoms with van der Waals surface area (Å²) >= 11 is 1.83. The van der Waals surface area contributed by atoms with E-state index in [4.69, 9.17) is 4.74 Å². The molecule has 1 aromatic carbocycles. The number of amides is 1. The van der Waals surface area contributed by atoms with E-state index in [-0.39, 0.29) is 5.91 Å². The first-order chi connectivity index (χ1) is 10.7. The SMILES string of the molecule is COc1ccccc1NC(=O)C[NH+]1CCc2sccc2[C@H]1C. The van der Waals surface area contributed by atoms with Crippen LogP contribution in [-0.2, 0) is 11.2 Å². The van der Waals surface area contributed by atoms with Gasteiger partial charge < -0.3 is 15.0 Å². The molecule has 2 aromatic rings. The Bertz CT molecular complexity index is 668. The Morgan fingerprint density at radius 2 is 2.23 bits per heavy atom. The Kier molecular flexibility index (Phi) is 4.45. The van der Waals surface area contributed by atoms with Gasteiger partial charge in [0.05, 0.1) is 19.3 Å². The smallest absolute Gasteiger partial charge is 0.279 e. The average Bonchev–Trinajstić information content (AvgIpc) is 3.00. The molecular formula is C17H21N2O2S+. The maximum atomic E-state index is 12.4. The summed E-state index contributed by atoms with van der Waals surface area (Å²) in [4.78, 5) is 15.2. The molecule has 116 valence electrons. The Morgan fingerprint density at radius 3 is 3.05 bits per heavy atom.